The molecule has 1 unspecified atom stereocenters. The molecule has 0 aliphatic heterocycles. The molecule has 0 spiro atoms. The number of allylic oxidation sites excluding steroid dienone is 2. The third-order valence-electron chi connectivity index (χ3n) is 2.08. The quantitative estimate of drug-likeness (QED) is 0.379. The summed E-state index contributed by atoms with van der Waals surface area (Å²) in [6, 6.07) is 0. The maximum atomic E-state index is 11.4. The summed E-state index contributed by atoms with van der Waals surface area (Å²) < 4.78 is 10.1. The van der Waals surface area contributed by atoms with Crippen molar-refractivity contribution in [3.05, 3.63) is 24.3 Å². The number of hydrogen-bond donors (Lipinski definition) is 0. The number of rotatable bonds is 8. The van der Waals surface area contributed by atoms with Gasteiger partial charge in [0, 0.05) is 18.6 Å². The van der Waals surface area contributed by atoms with Crippen LogP contribution in [-0.4, -0.2) is 18.2 Å². The fourth-order valence-electron chi connectivity index (χ4n) is 1.20. The van der Waals surface area contributed by atoms with E-state index >= 15 is 0 Å². The van der Waals surface area contributed by atoms with Crippen LogP contribution in [0.3, 0.4) is 0 Å². The molecular weight excluding hydrogens is 232 g/mol. The summed E-state index contributed by atoms with van der Waals surface area (Å²) in [5.41, 5.74) is 0. The van der Waals surface area contributed by atoms with Crippen molar-refractivity contribution in [1.82, 2.24) is 0 Å². The maximum absolute atomic E-state index is 11.4. The van der Waals surface area contributed by atoms with Gasteiger partial charge in [0.25, 0.3) is 0 Å². The molecule has 4 nitrogen and oxygen atoms in total. The first kappa shape index (κ1) is 16.4. The predicted octanol–water partition coefficient (Wildman–Crippen LogP) is 3.13. The molecule has 102 valence electrons. The Bertz CT molecular complexity index is 305. The van der Waals surface area contributed by atoms with Gasteiger partial charge in [0.1, 0.15) is 0 Å². The molecule has 0 fully saturated rings. The average molecular weight is 254 g/mol. The van der Waals surface area contributed by atoms with Crippen LogP contribution in [0.15, 0.2) is 24.3 Å². The van der Waals surface area contributed by atoms with Crippen molar-refractivity contribution in [2.75, 3.05) is 0 Å². The van der Waals surface area contributed by atoms with E-state index < -0.39 is 18.2 Å². The SMILES string of the molecule is CC=CC(=O)OC(CCCC)OC(=O)C=CCC. The summed E-state index contributed by atoms with van der Waals surface area (Å²) in [5.74, 6) is -0.975. The Morgan fingerprint density at radius 3 is 2.22 bits per heavy atom. The van der Waals surface area contributed by atoms with Crippen LogP contribution in [0.5, 0.6) is 0 Å². The van der Waals surface area contributed by atoms with Crippen LogP contribution >= 0.6 is 0 Å². The van der Waals surface area contributed by atoms with Gasteiger partial charge in [0.05, 0.1) is 0 Å². The monoisotopic (exact) mass is 254 g/mol. The smallest absolute Gasteiger partial charge is 0.333 e. The standard InChI is InChI=1S/C14H22O4/c1-4-7-10-13(16)18-14(11-8-5-2)17-12(15)9-6-3/h6-7,9-10,14H,4-5,8,11H2,1-3H3. The van der Waals surface area contributed by atoms with E-state index in [-0.39, 0.29) is 0 Å². The average Bonchev–Trinajstić information content (AvgIpc) is 2.33. The van der Waals surface area contributed by atoms with Gasteiger partial charge in [0.2, 0.25) is 6.29 Å². The first-order valence-corrected chi connectivity index (χ1v) is 6.34. The number of carbonyl (C=O) groups is 2. The van der Waals surface area contributed by atoms with Crippen LogP contribution in [0.2, 0.25) is 0 Å². The summed E-state index contributed by atoms with van der Waals surface area (Å²) in [7, 11) is 0. The summed E-state index contributed by atoms with van der Waals surface area (Å²) in [4.78, 5) is 22.7. The minimum atomic E-state index is -0.803. The van der Waals surface area contributed by atoms with E-state index in [1.165, 1.54) is 12.2 Å². The van der Waals surface area contributed by atoms with Crippen LogP contribution in [0.4, 0.5) is 0 Å². The summed E-state index contributed by atoms with van der Waals surface area (Å²) in [5, 5.41) is 0. The van der Waals surface area contributed by atoms with Crippen molar-refractivity contribution in [3.63, 3.8) is 0 Å². The summed E-state index contributed by atoms with van der Waals surface area (Å²) >= 11 is 0. The zero-order chi connectivity index (χ0) is 13.8. The number of ether oxygens (including phenoxy) is 2. The van der Waals surface area contributed by atoms with Crippen LogP contribution in [0, 0.1) is 0 Å². The van der Waals surface area contributed by atoms with Gasteiger partial charge in [-0.3, -0.25) is 0 Å². The normalized spacial score (nSPS) is 12.8. The summed E-state index contributed by atoms with van der Waals surface area (Å²) in [6.07, 6.45) is 8.18. The Labute approximate surface area is 109 Å². The van der Waals surface area contributed by atoms with E-state index in [1.54, 1.807) is 19.1 Å². The van der Waals surface area contributed by atoms with E-state index in [0.717, 1.165) is 19.3 Å². The van der Waals surface area contributed by atoms with Gasteiger partial charge >= 0.3 is 11.9 Å². The number of unbranched alkanes of at least 4 members (excludes halogenated alkanes) is 1. The molecule has 0 aliphatic carbocycles. The molecule has 0 rings (SSSR count). The topological polar surface area (TPSA) is 52.6 Å². The van der Waals surface area contributed by atoms with Gasteiger partial charge in [-0.05, 0) is 19.8 Å². The second-order valence-corrected chi connectivity index (χ2v) is 3.76. The molecule has 0 aliphatic rings. The van der Waals surface area contributed by atoms with E-state index in [9.17, 15) is 9.59 Å². The highest BCUT2D eigenvalue weighted by molar-refractivity contribution is 5.83. The largest absolute Gasteiger partial charge is 0.422 e. The van der Waals surface area contributed by atoms with Crippen molar-refractivity contribution in [2.24, 2.45) is 0 Å². The molecule has 0 N–H and O–H groups in total. The van der Waals surface area contributed by atoms with Gasteiger partial charge in [0.15, 0.2) is 0 Å². The lowest BCUT2D eigenvalue weighted by molar-refractivity contribution is -0.182. The first-order valence-electron chi connectivity index (χ1n) is 6.34. The van der Waals surface area contributed by atoms with E-state index in [4.69, 9.17) is 9.47 Å². The molecule has 0 saturated carbocycles. The Kier molecular flexibility index (Phi) is 9.64. The second kappa shape index (κ2) is 10.6. The highest BCUT2D eigenvalue weighted by Crippen LogP contribution is 2.08. The highest BCUT2D eigenvalue weighted by atomic mass is 16.7. The van der Waals surface area contributed by atoms with E-state index in [2.05, 4.69) is 0 Å². The van der Waals surface area contributed by atoms with Crippen molar-refractivity contribution >= 4 is 11.9 Å². The van der Waals surface area contributed by atoms with Gasteiger partial charge in [-0.15, -0.1) is 0 Å². The number of hydrogen-bond acceptors (Lipinski definition) is 4. The lowest BCUT2D eigenvalue weighted by Gasteiger charge is -2.16. The molecule has 4 heteroatoms. The Hall–Kier alpha value is -1.58. The third-order valence-corrected chi connectivity index (χ3v) is 2.08. The van der Waals surface area contributed by atoms with Gasteiger partial charge in [-0.25, -0.2) is 9.59 Å². The predicted molar refractivity (Wildman–Crippen MR) is 69.7 cm³/mol. The zero-order valence-corrected chi connectivity index (χ0v) is 11.3. The lowest BCUT2D eigenvalue weighted by atomic mass is 10.2. The number of carbonyl (C=O) groups excluding carboxylic acids is 2. The Morgan fingerprint density at radius 1 is 1.11 bits per heavy atom. The first-order chi connectivity index (χ1) is 8.63. The molecule has 1 atom stereocenters. The van der Waals surface area contributed by atoms with Crippen LogP contribution in [0.25, 0.3) is 0 Å². The number of esters is 2. The van der Waals surface area contributed by atoms with Gasteiger partial charge in [-0.1, -0.05) is 32.4 Å². The molecule has 0 radical (unpaired) electrons. The molecular formula is C14H22O4. The Morgan fingerprint density at radius 2 is 1.72 bits per heavy atom. The fraction of sp³-hybridized carbons (Fsp3) is 0.571. The van der Waals surface area contributed by atoms with Gasteiger partial charge in [-0.2, -0.15) is 0 Å². The molecule has 0 heterocycles. The van der Waals surface area contributed by atoms with Crippen molar-refractivity contribution < 1.29 is 19.1 Å². The van der Waals surface area contributed by atoms with Crippen LogP contribution in [-0.2, 0) is 19.1 Å². The fourth-order valence-corrected chi connectivity index (χ4v) is 1.20. The van der Waals surface area contributed by atoms with Crippen LogP contribution in [0.1, 0.15) is 46.5 Å². The lowest BCUT2D eigenvalue weighted by Crippen LogP contribution is -2.23. The van der Waals surface area contributed by atoms with Gasteiger partial charge < -0.3 is 9.47 Å². The third kappa shape index (κ3) is 8.56. The van der Waals surface area contributed by atoms with Crippen molar-refractivity contribution in [3.8, 4) is 0 Å². The molecule has 0 amide bonds. The van der Waals surface area contributed by atoms with E-state index in [1.807, 2.05) is 13.8 Å². The van der Waals surface area contributed by atoms with Crippen molar-refractivity contribution in [1.29, 1.82) is 0 Å². The molecule has 0 bridgehead atoms. The molecule has 0 aromatic carbocycles. The summed E-state index contributed by atoms with van der Waals surface area (Å²) in [6.45, 7) is 5.66. The Balaban J connectivity index is 4.33. The van der Waals surface area contributed by atoms with Crippen LogP contribution < -0.4 is 0 Å². The highest BCUT2D eigenvalue weighted by Gasteiger charge is 2.15. The van der Waals surface area contributed by atoms with Crippen molar-refractivity contribution in [2.45, 2.75) is 52.7 Å². The minimum absolute atomic E-state index is 0.480. The molecule has 0 aromatic rings. The molecule has 0 saturated heterocycles. The van der Waals surface area contributed by atoms with E-state index in [0.29, 0.717) is 6.42 Å². The maximum Gasteiger partial charge on any atom is 0.333 e. The zero-order valence-electron chi connectivity index (χ0n) is 11.3. The molecule has 18 heavy (non-hydrogen) atoms. The molecule has 0 aromatic heterocycles. The second-order valence-electron chi connectivity index (χ2n) is 3.76. The minimum Gasteiger partial charge on any atom is -0.422 e.